The number of hydrogen-bond acceptors (Lipinski definition) is 3. The molecule has 0 radical (unpaired) electrons. The Morgan fingerprint density at radius 2 is 2.05 bits per heavy atom. The third-order valence-corrected chi connectivity index (χ3v) is 5.60. The van der Waals surface area contributed by atoms with Gasteiger partial charge in [-0.25, -0.2) is 0 Å². The van der Waals surface area contributed by atoms with Gasteiger partial charge in [0.1, 0.15) is 0 Å². The average molecular weight is 301 g/mol. The summed E-state index contributed by atoms with van der Waals surface area (Å²) in [4.78, 5) is 14.4. The molecule has 2 N–H and O–H groups in total. The third-order valence-electron chi connectivity index (χ3n) is 4.23. The van der Waals surface area contributed by atoms with Crippen LogP contribution in [0.15, 0.2) is 0 Å². The van der Waals surface area contributed by atoms with Gasteiger partial charge in [-0.15, -0.1) is 0 Å². The van der Waals surface area contributed by atoms with Crippen molar-refractivity contribution < 1.29 is 4.79 Å². The maximum absolute atomic E-state index is 12.4. The highest BCUT2D eigenvalue weighted by Gasteiger charge is 2.25. The van der Waals surface area contributed by atoms with Crippen molar-refractivity contribution in [2.24, 2.45) is 11.7 Å². The Balaban J connectivity index is 2.37. The van der Waals surface area contributed by atoms with E-state index < -0.39 is 0 Å². The van der Waals surface area contributed by atoms with E-state index in [1.807, 2.05) is 11.8 Å². The minimum Gasteiger partial charge on any atom is -0.342 e. The molecule has 118 valence electrons. The molecule has 0 aromatic heterocycles. The molecule has 0 bridgehead atoms. The Hall–Kier alpha value is -0.220. The lowest BCUT2D eigenvalue weighted by atomic mass is 9.94. The summed E-state index contributed by atoms with van der Waals surface area (Å²) in [5.74, 6) is 2.05. The van der Waals surface area contributed by atoms with Gasteiger partial charge in [0, 0.05) is 30.0 Å². The summed E-state index contributed by atoms with van der Waals surface area (Å²) < 4.78 is 0.319. The van der Waals surface area contributed by atoms with E-state index in [0.717, 1.165) is 44.6 Å². The number of nitrogens with zero attached hydrogens (tertiary/aromatic N) is 1. The van der Waals surface area contributed by atoms with Crippen LogP contribution in [-0.2, 0) is 4.79 Å². The lowest BCUT2D eigenvalue weighted by molar-refractivity contribution is -0.131. The predicted molar refractivity (Wildman–Crippen MR) is 89.0 cm³/mol. The Kier molecular flexibility index (Phi) is 7.96. The molecule has 0 saturated carbocycles. The third kappa shape index (κ3) is 6.49. The molecule has 4 heteroatoms. The maximum Gasteiger partial charge on any atom is 0.222 e. The topological polar surface area (TPSA) is 46.3 Å². The van der Waals surface area contributed by atoms with Gasteiger partial charge in [0.25, 0.3) is 0 Å². The molecule has 1 fully saturated rings. The van der Waals surface area contributed by atoms with Crippen LogP contribution < -0.4 is 5.73 Å². The van der Waals surface area contributed by atoms with E-state index in [1.54, 1.807) is 0 Å². The first kappa shape index (κ1) is 17.8. The molecule has 1 aliphatic rings. The van der Waals surface area contributed by atoms with Gasteiger partial charge in [-0.05, 0) is 31.7 Å². The first-order chi connectivity index (χ1) is 9.48. The zero-order chi connectivity index (χ0) is 15.0. The van der Waals surface area contributed by atoms with Crippen molar-refractivity contribution in [1.82, 2.24) is 4.90 Å². The Morgan fingerprint density at radius 3 is 2.70 bits per heavy atom. The van der Waals surface area contributed by atoms with Crippen LogP contribution in [0.25, 0.3) is 0 Å². The molecule has 1 atom stereocenters. The fraction of sp³-hybridized carbons (Fsp3) is 0.938. The van der Waals surface area contributed by atoms with E-state index in [0.29, 0.717) is 23.0 Å². The number of nitrogens with two attached hydrogens (primary N) is 1. The Bertz CT molecular complexity index is 288. The molecule has 0 aromatic carbocycles. The summed E-state index contributed by atoms with van der Waals surface area (Å²) in [7, 11) is 0. The Morgan fingerprint density at radius 1 is 1.30 bits per heavy atom. The highest BCUT2D eigenvalue weighted by molar-refractivity contribution is 8.00. The van der Waals surface area contributed by atoms with E-state index in [1.165, 1.54) is 12.8 Å². The van der Waals surface area contributed by atoms with Gasteiger partial charge in [0.2, 0.25) is 5.91 Å². The van der Waals surface area contributed by atoms with Crippen LogP contribution in [0.1, 0.15) is 59.3 Å². The van der Waals surface area contributed by atoms with E-state index in [2.05, 4.69) is 25.7 Å². The maximum atomic E-state index is 12.4. The number of thioether (sulfide) groups is 1. The molecule has 20 heavy (non-hydrogen) atoms. The summed E-state index contributed by atoms with van der Waals surface area (Å²) in [5, 5.41) is 0. The highest BCUT2D eigenvalue weighted by Crippen LogP contribution is 2.31. The summed E-state index contributed by atoms with van der Waals surface area (Å²) in [5.41, 5.74) is 5.66. The molecule has 1 amide bonds. The van der Waals surface area contributed by atoms with Crippen LogP contribution >= 0.6 is 11.8 Å². The van der Waals surface area contributed by atoms with Crippen LogP contribution in [-0.4, -0.2) is 40.9 Å². The average Bonchev–Trinajstić information content (AvgIpc) is 2.57. The van der Waals surface area contributed by atoms with Crippen molar-refractivity contribution >= 4 is 17.7 Å². The highest BCUT2D eigenvalue weighted by atomic mass is 32.2. The Labute approximate surface area is 129 Å². The smallest absolute Gasteiger partial charge is 0.222 e. The van der Waals surface area contributed by atoms with Gasteiger partial charge in [-0.3, -0.25) is 4.79 Å². The minimum atomic E-state index is 0.319. The summed E-state index contributed by atoms with van der Waals surface area (Å²) >= 11 is 1.99. The van der Waals surface area contributed by atoms with Crippen molar-refractivity contribution in [2.75, 3.05) is 25.4 Å². The van der Waals surface area contributed by atoms with Crippen LogP contribution in [0.5, 0.6) is 0 Å². The molecule has 1 aliphatic heterocycles. The predicted octanol–water partition coefficient (Wildman–Crippen LogP) is 3.28. The van der Waals surface area contributed by atoms with Crippen LogP contribution in [0.4, 0.5) is 0 Å². The zero-order valence-corrected chi connectivity index (χ0v) is 14.3. The summed E-state index contributed by atoms with van der Waals surface area (Å²) in [6.45, 7) is 9.36. The van der Waals surface area contributed by atoms with Gasteiger partial charge in [-0.1, -0.05) is 33.6 Å². The second-order valence-electron chi connectivity index (χ2n) is 6.51. The van der Waals surface area contributed by atoms with Gasteiger partial charge < -0.3 is 10.6 Å². The van der Waals surface area contributed by atoms with Crippen molar-refractivity contribution in [3.63, 3.8) is 0 Å². The quantitative estimate of drug-likeness (QED) is 0.785. The molecule has 1 heterocycles. The standard InChI is InChI=1S/C16H32N2OS/c1-4-5-14(8-10-17)6-7-15(19)18-11-9-16(2,3)20-13-12-18/h14H,4-13,17H2,1-3H3. The van der Waals surface area contributed by atoms with E-state index in [-0.39, 0.29) is 0 Å². The lowest BCUT2D eigenvalue weighted by Gasteiger charge is -2.23. The monoisotopic (exact) mass is 300 g/mol. The molecule has 3 nitrogen and oxygen atoms in total. The van der Waals surface area contributed by atoms with Crippen LogP contribution in [0, 0.1) is 5.92 Å². The second-order valence-corrected chi connectivity index (χ2v) is 8.31. The van der Waals surface area contributed by atoms with Crippen molar-refractivity contribution in [2.45, 2.75) is 64.0 Å². The lowest BCUT2D eigenvalue weighted by Crippen LogP contribution is -2.33. The molecule has 1 unspecified atom stereocenters. The van der Waals surface area contributed by atoms with Crippen LogP contribution in [0.2, 0.25) is 0 Å². The molecular formula is C16H32N2OS. The van der Waals surface area contributed by atoms with Crippen molar-refractivity contribution in [3.8, 4) is 0 Å². The van der Waals surface area contributed by atoms with Gasteiger partial charge in [0.15, 0.2) is 0 Å². The van der Waals surface area contributed by atoms with E-state index >= 15 is 0 Å². The summed E-state index contributed by atoms with van der Waals surface area (Å²) in [6.07, 6.45) is 6.27. The molecule has 0 aromatic rings. The van der Waals surface area contributed by atoms with Gasteiger partial charge in [0.05, 0.1) is 0 Å². The first-order valence-electron chi connectivity index (χ1n) is 8.10. The number of carbonyl (C=O) groups is 1. The zero-order valence-electron chi connectivity index (χ0n) is 13.5. The molecule has 0 spiro atoms. The number of rotatable bonds is 7. The van der Waals surface area contributed by atoms with Crippen LogP contribution in [0.3, 0.4) is 0 Å². The number of hydrogen-bond donors (Lipinski definition) is 1. The fourth-order valence-corrected chi connectivity index (χ4v) is 3.93. The molecule has 1 saturated heterocycles. The number of carbonyl (C=O) groups excluding carboxylic acids is 1. The molecular weight excluding hydrogens is 268 g/mol. The van der Waals surface area contributed by atoms with E-state index in [4.69, 9.17) is 5.73 Å². The largest absolute Gasteiger partial charge is 0.342 e. The minimum absolute atomic E-state index is 0.319. The van der Waals surface area contributed by atoms with Crippen molar-refractivity contribution in [1.29, 1.82) is 0 Å². The van der Waals surface area contributed by atoms with E-state index in [9.17, 15) is 4.79 Å². The van der Waals surface area contributed by atoms with Crippen molar-refractivity contribution in [3.05, 3.63) is 0 Å². The first-order valence-corrected chi connectivity index (χ1v) is 9.09. The molecule has 1 rings (SSSR count). The normalized spacial score (nSPS) is 20.5. The number of amides is 1. The fourth-order valence-electron chi connectivity index (χ4n) is 2.83. The molecule has 0 aliphatic carbocycles. The second kappa shape index (κ2) is 8.93. The van der Waals surface area contributed by atoms with Gasteiger partial charge in [-0.2, -0.15) is 11.8 Å². The SMILES string of the molecule is CCCC(CCN)CCC(=O)N1CCSC(C)(C)CC1. The van der Waals surface area contributed by atoms with Gasteiger partial charge >= 0.3 is 0 Å². The summed E-state index contributed by atoms with van der Waals surface area (Å²) in [6, 6.07) is 0.